The number of carbonyl (C=O) groups is 1. The molecule has 0 radical (unpaired) electrons. The zero-order chi connectivity index (χ0) is 17.3. The molecule has 0 aromatic carbocycles. The Hall–Kier alpha value is -0.830. The third kappa shape index (κ3) is 2.47. The van der Waals surface area contributed by atoms with E-state index in [-0.39, 0.29) is 16.8 Å². The Kier molecular flexibility index (Phi) is 3.58. The predicted molar refractivity (Wildman–Crippen MR) is 90.8 cm³/mol. The Morgan fingerprint density at radius 3 is 2.00 bits per heavy atom. The van der Waals surface area contributed by atoms with Gasteiger partial charge in [0.15, 0.2) is 0 Å². The lowest BCUT2D eigenvalue weighted by atomic mass is 9.38. The van der Waals surface area contributed by atoms with Crippen LogP contribution in [0.1, 0.15) is 73.1 Å². The van der Waals surface area contributed by atoms with Crippen molar-refractivity contribution in [2.24, 2.45) is 22.7 Å². The van der Waals surface area contributed by atoms with Crippen LogP contribution in [0.15, 0.2) is 12.2 Å². The van der Waals surface area contributed by atoms with Gasteiger partial charge in [-0.2, -0.15) is 0 Å². The Morgan fingerprint density at radius 1 is 1.09 bits per heavy atom. The third-order valence-electron chi connectivity index (χ3n) is 7.33. The fourth-order valence-corrected chi connectivity index (χ4v) is 6.11. The molecule has 130 valence electrons. The molecule has 0 aliphatic heterocycles. The molecule has 4 aliphatic carbocycles. The minimum Gasteiger partial charge on any atom is -0.456 e. The Balaban J connectivity index is 1.95. The molecule has 4 atom stereocenters. The van der Waals surface area contributed by atoms with Crippen LogP contribution in [0.25, 0.3) is 0 Å². The number of ether oxygens (including phenoxy) is 1. The smallest absolute Gasteiger partial charge is 0.333 e. The largest absolute Gasteiger partial charge is 0.456 e. The highest BCUT2D eigenvalue weighted by molar-refractivity contribution is 5.87. The molecule has 3 heteroatoms. The van der Waals surface area contributed by atoms with Crippen molar-refractivity contribution in [3.05, 3.63) is 12.2 Å². The molecule has 0 heterocycles. The lowest BCUT2D eigenvalue weighted by Gasteiger charge is -2.68. The number of esters is 1. The maximum Gasteiger partial charge on any atom is 0.333 e. The van der Waals surface area contributed by atoms with Crippen molar-refractivity contribution in [3.8, 4) is 0 Å². The molecule has 1 N–H and O–H groups in total. The van der Waals surface area contributed by atoms with Crippen molar-refractivity contribution < 1.29 is 14.6 Å². The number of rotatable bonds is 4. The fourth-order valence-electron chi connectivity index (χ4n) is 6.11. The summed E-state index contributed by atoms with van der Waals surface area (Å²) in [6.07, 6.45) is 6.74. The molecule has 0 amide bonds. The topological polar surface area (TPSA) is 46.5 Å². The van der Waals surface area contributed by atoms with E-state index in [9.17, 15) is 9.90 Å². The molecule has 4 bridgehead atoms. The molecule has 0 aromatic rings. The molecule has 4 saturated carbocycles. The molecule has 0 spiro atoms. The van der Waals surface area contributed by atoms with E-state index >= 15 is 0 Å². The summed E-state index contributed by atoms with van der Waals surface area (Å²) in [4.78, 5) is 12.2. The summed E-state index contributed by atoms with van der Waals surface area (Å²) < 4.78 is 5.92. The van der Waals surface area contributed by atoms with Crippen LogP contribution in [-0.2, 0) is 9.53 Å². The monoisotopic (exact) mass is 320 g/mol. The zero-order valence-electron chi connectivity index (χ0n) is 15.4. The number of aliphatic hydroxyl groups is 1. The van der Waals surface area contributed by atoms with Crippen LogP contribution in [0.3, 0.4) is 0 Å². The van der Waals surface area contributed by atoms with Crippen LogP contribution >= 0.6 is 0 Å². The highest BCUT2D eigenvalue weighted by atomic mass is 16.6. The van der Waals surface area contributed by atoms with Gasteiger partial charge in [0.05, 0.1) is 5.60 Å². The van der Waals surface area contributed by atoms with E-state index < -0.39 is 11.2 Å². The second-order valence-corrected chi connectivity index (χ2v) is 9.76. The Labute approximate surface area is 140 Å². The summed E-state index contributed by atoms with van der Waals surface area (Å²) in [6.45, 7) is 13.5. The first-order chi connectivity index (χ1) is 10.4. The van der Waals surface area contributed by atoms with Crippen molar-refractivity contribution in [2.75, 3.05) is 0 Å². The van der Waals surface area contributed by atoms with Gasteiger partial charge in [-0.15, -0.1) is 0 Å². The number of hydrogen-bond acceptors (Lipinski definition) is 3. The summed E-state index contributed by atoms with van der Waals surface area (Å²) in [5, 5.41) is 10.9. The predicted octanol–water partition coefficient (Wildman–Crippen LogP) is 4.24. The molecule has 4 aliphatic rings. The van der Waals surface area contributed by atoms with Gasteiger partial charge in [-0.05, 0) is 90.4 Å². The van der Waals surface area contributed by atoms with Gasteiger partial charge in [-0.25, -0.2) is 4.79 Å². The minimum atomic E-state index is -0.676. The summed E-state index contributed by atoms with van der Waals surface area (Å²) in [5.41, 5.74) is -0.770. The van der Waals surface area contributed by atoms with Gasteiger partial charge in [0.1, 0.15) is 5.60 Å². The van der Waals surface area contributed by atoms with E-state index in [2.05, 4.69) is 20.4 Å². The maximum absolute atomic E-state index is 12.2. The summed E-state index contributed by atoms with van der Waals surface area (Å²) in [7, 11) is 0. The third-order valence-corrected chi connectivity index (χ3v) is 7.33. The highest BCUT2D eigenvalue weighted by Crippen LogP contribution is 2.71. The van der Waals surface area contributed by atoms with E-state index in [1.165, 1.54) is 6.42 Å². The molecule has 0 aromatic heterocycles. The van der Waals surface area contributed by atoms with E-state index in [1.807, 2.05) is 13.8 Å². The van der Waals surface area contributed by atoms with Gasteiger partial charge in [0, 0.05) is 11.0 Å². The summed E-state index contributed by atoms with van der Waals surface area (Å²) in [6, 6.07) is 0. The summed E-state index contributed by atoms with van der Waals surface area (Å²) in [5.74, 6) is 1.03. The molecule has 4 fully saturated rings. The minimum absolute atomic E-state index is 0.0117. The van der Waals surface area contributed by atoms with Gasteiger partial charge in [0.2, 0.25) is 0 Å². The summed E-state index contributed by atoms with van der Waals surface area (Å²) >= 11 is 0. The number of carbonyl (C=O) groups excluding carboxylic acids is 1. The molecule has 23 heavy (non-hydrogen) atoms. The van der Waals surface area contributed by atoms with Crippen LogP contribution in [0, 0.1) is 22.7 Å². The number of hydrogen-bond donors (Lipinski definition) is 1. The van der Waals surface area contributed by atoms with E-state index in [1.54, 1.807) is 6.92 Å². The maximum atomic E-state index is 12.2. The van der Waals surface area contributed by atoms with Crippen LogP contribution in [0.4, 0.5) is 0 Å². The van der Waals surface area contributed by atoms with Crippen molar-refractivity contribution in [3.63, 3.8) is 0 Å². The van der Waals surface area contributed by atoms with Gasteiger partial charge >= 0.3 is 5.97 Å². The van der Waals surface area contributed by atoms with Crippen molar-refractivity contribution in [2.45, 2.75) is 84.3 Å². The van der Waals surface area contributed by atoms with Crippen molar-refractivity contribution >= 4 is 5.97 Å². The van der Waals surface area contributed by atoms with Crippen LogP contribution in [0.5, 0.6) is 0 Å². The van der Waals surface area contributed by atoms with Crippen LogP contribution in [-0.4, -0.2) is 22.3 Å². The zero-order valence-corrected chi connectivity index (χ0v) is 15.4. The van der Waals surface area contributed by atoms with Crippen molar-refractivity contribution in [1.29, 1.82) is 0 Å². The lowest BCUT2D eigenvalue weighted by molar-refractivity contribution is -0.243. The fraction of sp³-hybridized carbons (Fsp3) is 0.850. The molecule has 4 rings (SSSR count). The normalized spacial score (nSPS) is 39.4. The molecular weight excluding hydrogens is 288 g/mol. The van der Waals surface area contributed by atoms with Crippen LogP contribution < -0.4 is 0 Å². The first-order valence-corrected chi connectivity index (χ1v) is 9.01. The first-order valence-electron chi connectivity index (χ1n) is 9.01. The second kappa shape index (κ2) is 4.84. The molecular formula is C20H32O3. The van der Waals surface area contributed by atoms with Gasteiger partial charge in [0.25, 0.3) is 0 Å². The Morgan fingerprint density at radius 2 is 1.57 bits per heavy atom. The molecule has 2 unspecified atom stereocenters. The van der Waals surface area contributed by atoms with Gasteiger partial charge in [-0.1, -0.05) is 6.58 Å². The van der Waals surface area contributed by atoms with Gasteiger partial charge < -0.3 is 9.84 Å². The molecule has 3 nitrogen and oxygen atoms in total. The highest BCUT2D eigenvalue weighted by Gasteiger charge is 2.66. The van der Waals surface area contributed by atoms with Gasteiger partial charge in [-0.3, -0.25) is 0 Å². The Bertz CT molecular complexity index is 524. The SMILES string of the molecule is C=C(C)C(=O)OC(C)(C)C12C[C@@H]3C[C@@H](CC(C(C)(C)O)(C3)C1)C2. The standard InChI is InChI=1S/C20H32O3/c1-13(2)16(21)23-18(5,6)20-10-14-7-15(11-20)9-19(8-14,12-20)17(3,4)22/h14-15,22H,1,7-12H2,2-6H3/t14-,15+,19?,20?. The second-order valence-electron chi connectivity index (χ2n) is 9.76. The van der Waals surface area contributed by atoms with E-state index in [4.69, 9.17) is 4.74 Å². The van der Waals surface area contributed by atoms with Crippen LogP contribution in [0.2, 0.25) is 0 Å². The average Bonchev–Trinajstić information content (AvgIpc) is 2.34. The lowest BCUT2D eigenvalue weighted by Crippen LogP contribution is -2.65. The van der Waals surface area contributed by atoms with E-state index in [0.29, 0.717) is 17.4 Å². The quantitative estimate of drug-likeness (QED) is 0.622. The van der Waals surface area contributed by atoms with E-state index in [0.717, 1.165) is 32.1 Å². The average molecular weight is 320 g/mol. The van der Waals surface area contributed by atoms with Crippen molar-refractivity contribution in [1.82, 2.24) is 0 Å². The first kappa shape index (κ1) is 17.0. The molecule has 0 saturated heterocycles.